The minimum Gasteiger partial charge on any atom is -0.399 e. The van der Waals surface area contributed by atoms with Crippen LogP contribution in [0.15, 0.2) is 41.5 Å². The molecule has 1 aromatic heterocycles. The number of hydrogen-bond donors (Lipinski definition) is 4. The van der Waals surface area contributed by atoms with Crippen molar-refractivity contribution in [3.63, 3.8) is 0 Å². The third-order valence-corrected chi connectivity index (χ3v) is 3.24. The van der Waals surface area contributed by atoms with E-state index in [1.54, 1.807) is 6.20 Å². The summed E-state index contributed by atoms with van der Waals surface area (Å²) in [7, 11) is 0. The van der Waals surface area contributed by atoms with E-state index >= 15 is 0 Å². The lowest BCUT2D eigenvalue weighted by Gasteiger charge is -2.10. The van der Waals surface area contributed by atoms with Gasteiger partial charge in [0, 0.05) is 24.1 Å². The predicted octanol–water partition coefficient (Wildman–Crippen LogP) is 3.73. The van der Waals surface area contributed by atoms with Crippen molar-refractivity contribution in [3.05, 3.63) is 47.1 Å². The number of aliphatic hydroxyl groups excluding tert-OH is 1. The topological polar surface area (TPSA) is 96.1 Å². The molecule has 7 heteroatoms. The Morgan fingerprint density at radius 1 is 1.29 bits per heavy atom. The van der Waals surface area contributed by atoms with Gasteiger partial charge in [-0.05, 0) is 33.6 Å². The number of aliphatic hydroxyl groups is 1. The van der Waals surface area contributed by atoms with Gasteiger partial charge in [0.15, 0.2) is 0 Å². The number of aromatic nitrogens is 2. The molecule has 5 N–H and O–H groups in total. The number of anilines is 3. The summed E-state index contributed by atoms with van der Waals surface area (Å²) in [4.78, 5) is 8.52. The summed E-state index contributed by atoms with van der Waals surface area (Å²) in [6, 6.07) is 7.49. The van der Waals surface area contributed by atoms with Gasteiger partial charge >= 0.3 is 0 Å². The highest BCUT2D eigenvalue weighted by Crippen LogP contribution is 2.22. The molecule has 2 rings (SSSR count). The molecular formula is C17H24BrN5O. The van der Waals surface area contributed by atoms with Crippen LogP contribution in [0.25, 0.3) is 5.70 Å². The Hall–Kier alpha value is -2.12. The molecule has 6 nitrogen and oxygen atoms in total. The second-order valence-electron chi connectivity index (χ2n) is 4.98. The van der Waals surface area contributed by atoms with Gasteiger partial charge in [-0.15, -0.1) is 0 Å². The van der Waals surface area contributed by atoms with E-state index < -0.39 is 0 Å². The number of benzene rings is 1. The van der Waals surface area contributed by atoms with Crippen molar-refractivity contribution in [3.8, 4) is 0 Å². The fraction of sp³-hybridized carbons (Fsp3) is 0.294. The highest BCUT2D eigenvalue weighted by Gasteiger charge is 2.05. The maximum atomic E-state index is 8.84. The maximum Gasteiger partial charge on any atom is 0.229 e. The van der Waals surface area contributed by atoms with Gasteiger partial charge in [-0.2, -0.15) is 4.98 Å². The van der Waals surface area contributed by atoms with Gasteiger partial charge in [0.2, 0.25) is 5.95 Å². The van der Waals surface area contributed by atoms with Crippen molar-refractivity contribution in [1.82, 2.24) is 9.97 Å². The molecule has 0 unspecified atom stereocenters. The van der Waals surface area contributed by atoms with E-state index in [4.69, 9.17) is 10.8 Å². The standard InChI is InChI=1S/C14H16BrN5O.C3H8/c1-9(16)10-2-4-11(5-3-10)19-14-18-8-12(15)13(20-14)17-6-7-21;1-3-2/h2-5,8,21H,1,6-7,16H2,(H2,17,18,19,20);3H2,1-2H3. The van der Waals surface area contributed by atoms with E-state index in [1.807, 2.05) is 24.3 Å². The second kappa shape index (κ2) is 10.6. The van der Waals surface area contributed by atoms with Crippen LogP contribution in [0.2, 0.25) is 0 Å². The third-order valence-electron chi connectivity index (χ3n) is 2.66. The Morgan fingerprint density at radius 3 is 2.46 bits per heavy atom. The summed E-state index contributed by atoms with van der Waals surface area (Å²) in [5.74, 6) is 1.08. The second-order valence-corrected chi connectivity index (χ2v) is 5.83. The first-order valence-electron chi connectivity index (χ1n) is 7.70. The van der Waals surface area contributed by atoms with Gasteiger partial charge in [-0.1, -0.05) is 39.0 Å². The number of nitrogens with zero attached hydrogens (tertiary/aromatic N) is 2. The van der Waals surface area contributed by atoms with Gasteiger partial charge < -0.3 is 21.5 Å². The molecule has 0 aliphatic carbocycles. The van der Waals surface area contributed by atoms with Crippen LogP contribution in [0.3, 0.4) is 0 Å². The molecule has 0 radical (unpaired) electrons. The smallest absolute Gasteiger partial charge is 0.229 e. The maximum absolute atomic E-state index is 8.84. The van der Waals surface area contributed by atoms with Crippen molar-refractivity contribution in [2.24, 2.45) is 5.73 Å². The Bertz CT molecular complexity index is 646. The Balaban J connectivity index is 0.000000891. The molecule has 24 heavy (non-hydrogen) atoms. The number of hydrogen-bond acceptors (Lipinski definition) is 6. The van der Waals surface area contributed by atoms with Crippen LogP contribution >= 0.6 is 15.9 Å². The zero-order valence-corrected chi connectivity index (χ0v) is 15.6. The van der Waals surface area contributed by atoms with Crippen LogP contribution in [0.5, 0.6) is 0 Å². The van der Waals surface area contributed by atoms with Crippen LogP contribution in [0, 0.1) is 0 Å². The minimum atomic E-state index is 0.0314. The van der Waals surface area contributed by atoms with E-state index in [0.29, 0.717) is 24.0 Å². The number of nitrogens with one attached hydrogen (secondary N) is 2. The molecule has 0 atom stereocenters. The number of nitrogens with two attached hydrogens (primary N) is 1. The van der Waals surface area contributed by atoms with Crippen LogP contribution in [-0.4, -0.2) is 28.2 Å². The quantitative estimate of drug-likeness (QED) is 0.596. The lowest BCUT2D eigenvalue weighted by molar-refractivity contribution is 0.311. The van der Waals surface area contributed by atoms with Crippen molar-refractivity contribution < 1.29 is 5.11 Å². The normalized spacial score (nSPS) is 9.67. The summed E-state index contributed by atoms with van der Waals surface area (Å²) in [5.41, 5.74) is 7.87. The Morgan fingerprint density at radius 2 is 1.92 bits per heavy atom. The molecule has 130 valence electrons. The Labute approximate surface area is 151 Å². The van der Waals surface area contributed by atoms with Crippen molar-refractivity contribution in [2.45, 2.75) is 20.3 Å². The lowest BCUT2D eigenvalue weighted by atomic mass is 10.1. The van der Waals surface area contributed by atoms with Crippen LogP contribution < -0.4 is 16.4 Å². The highest BCUT2D eigenvalue weighted by molar-refractivity contribution is 9.10. The van der Waals surface area contributed by atoms with Crippen molar-refractivity contribution >= 4 is 39.1 Å². The number of halogens is 1. The van der Waals surface area contributed by atoms with Crippen LogP contribution in [0.4, 0.5) is 17.5 Å². The van der Waals surface area contributed by atoms with Crippen molar-refractivity contribution in [1.29, 1.82) is 0 Å². The lowest BCUT2D eigenvalue weighted by Crippen LogP contribution is -2.09. The summed E-state index contributed by atoms with van der Waals surface area (Å²) >= 11 is 3.35. The highest BCUT2D eigenvalue weighted by atomic mass is 79.9. The minimum absolute atomic E-state index is 0.0314. The fourth-order valence-electron chi connectivity index (χ4n) is 1.62. The molecular weight excluding hydrogens is 370 g/mol. The summed E-state index contributed by atoms with van der Waals surface area (Å²) in [6.45, 7) is 8.39. The molecule has 0 spiro atoms. The average Bonchev–Trinajstić information content (AvgIpc) is 2.56. The molecule has 1 heterocycles. The molecule has 0 saturated carbocycles. The molecule has 0 bridgehead atoms. The summed E-state index contributed by atoms with van der Waals surface area (Å²) < 4.78 is 0.733. The van der Waals surface area contributed by atoms with E-state index in [-0.39, 0.29) is 6.61 Å². The van der Waals surface area contributed by atoms with Gasteiger partial charge in [0.1, 0.15) is 5.82 Å². The molecule has 2 aromatic rings. The summed E-state index contributed by atoms with van der Waals surface area (Å²) in [5, 5.41) is 14.9. The van der Waals surface area contributed by atoms with E-state index in [2.05, 4.69) is 57.0 Å². The molecule has 0 saturated heterocycles. The molecule has 0 amide bonds. The van der Waals surface area contributed by atoms with E-state index in [0.717, 1.165) is 15.7 Å². The van der Waals surface area contributed by atoms with Crippen LogP contribution in [0.1, 0.15) is 25.8 Å². The average molecular weight is 394 g/mol. The third kappa shape index (κ3) is 6.55. The fourth-order valence-corrected chi connectivity index (χ4v) is 1.95. The van der Waals surface area contributed by atoms with Crippen LogP contribution in [-0.2, 0) is 0 Å². The van der Waals surface area contributed by atoms with Gasteiger partial charge in [-0.25, -0.2) is 4.98 Å². The number of rotatable bonds is 6. The van der Waals surface area contributed by atoms with Gasteiger partial charge in [-0.3, -0.25) is 0 Å². The van der Waals surface area contributed by atoms with Gasteiger partial charge in [0.05, 0.1) is 11.1 Å². The monoisotopic (exact) mass is 393 g/mol. The first-order chi connectivity index (χ1) is 11.5. The summed E-state index contributed by atoms with van der Waals surface area (Å²) in [6.07, 6.45) is 2.89. The van der Waals surface area contributed by atoms with E-state index in [1.165, 1.54) is 6.42 Å². The first kappa shape index (κ1) is 19.9. The molecule has 0 aliphatic rings. The van der Waals surface area contributed by atoms with E-state index in [9.17, 15) is 0 Å². The molecule has 0 aliphatic heterocycles. The molecule has 1 aromatic carbocycles. The predicted molar refractivity (Wildman–Crippen MR) is 104 cm³/mol. The zero-order chi connectivity index (χ0) is 17.9. The first-order valence-corrected chi connectivity index (χ1v) is 8.50. The molecule has 0 fully saturated rings. The van der Waals surface area contributed by atoms with Gasteiger partial charge in [0.25, 0.3) is 0 Å². The Kier molecular flexibility index (Phi) is 8.81. The largest absolute Gasteiger partial charge is 0.399 e. The van der Waals surface area contributed by atoms with Crippen molar-refractivity contribution in [2.75, 3.05) is 23.8 Å². The zero-order valence-electron chi connectivity index (χ0n) is 14.0. The SMILES string of the molecule is C=C(N)c1ccc(Nc2ncc(Br)c(NCCO)n2)cc1.CCC.